The monoisotopic (exact) mass is 212 g/mol. The number of hydrogen-bond donors (Lipinski definition) is 2. The first kappa shape index (κ1) is 11.4. The SMILES string of the molecule is C#CCNCC(=O)NCC1CCCS1. The fraction of sp³-hybridized carbons (Fsp3) is 0.700. The minimum absolute atomic E-state index is 0.0350. The lowest BCUT2D eigenvalue weighted by Gasteiger charge is -2.09. The van der Waals surface area contributed by atoms with E-state index in [1.54, 1.807) is 0 Å². The summed E-state index contributed by atoms with van der Waals surface area (Å²) in [5.41, 5.74) is 0. The molecule has 0 aromatic heterocycles. The van der Waals surface area contributed by atoms with E-state index >= 15 is 0 Å². The zero-order chi connectivity index (χ0) is 10.2. The number of terminal acetylenes is 1. The van der Waals surface area contributed by atoms with Gasteiger partial charge < -0.3 is 5.32 Å². The molecule has 1 rings (SSSR count). The van der Waals surface area contributed by atoms with E-state index in [0.29, 0.717) is 18.3 Å². The van der Waals surface area contributed by atoms with Crippen molar-refractivity contribution in [2.24, 2.45) is 0 Å². The van der Waals surface area contributed by atoms with Gasteiger partial charge in [-0.25, -0.2) is 0 Å². The summed E-state index contributed by atoms with van der Waals surface area (Å²) in [5, 5.41) is 6.37. The average Bonchev–Trinajstić information content (AvgIpc) is 2.68. The molecule has 1 aliphatic heterocycles. The van der Waals surface area contributed by atoms with Crippen molar-refractivity contribution in [3.8, 4) is 12.3 Å². The maximum Gasteiger partial charge on any atom is 0.234 e. The van der Waals surface area contributed by atoms with Crippen molar-refractivity contribution in [1.29, 1.82) is 0 Å². The molecule has 78 valence electrons. The number of rotatable bonds is 5. The fourth-order valence-electron chi connectivity index (χ4n) is 1.34. The van der Waals surface area contributed by atoms with Gasteiger partial charge in [0.1, 0.15) is 0 Å². The topological polar surface area (TPSA) is 41.1 Å². The predicted molar refractivity (Wildman–Crippen MR) is 60.2 cm³/mol. The summed E-state index contributed by atoms with van der Waals surface area (Å²) in [4.78, 5) is 11.2. The van der Waals surface area contributed by atoms with Crippen LogP contribution in [0.2, 0.25) is 0 Å². The molecule has 0 bridgehead atoms. The molecule has 0 saturated carbocycles. The zero-order valence-electron chi connectivity index (χ0n) is 8.21. The Morgan fingerprint density at radius 1 is 1.64 bits per heavy atom. The van der Waals surface area contributed by atoms with Crippen LogP contribution in [0.3, 0.4) is 0 Å². The lowest BCUT2D eigenvalue weighted by molar-refractivity contribution is -0.120. The Morgan fingerprint density at radius 3 is 3.14 bits per heavy atom. The Labute approximate surface area is 89.4 Å². The summed E-state index contributed by atoms with van der Waals surface area (Å²) in [5.74, 6) is 3.69. The minimum atomic E-state index is 0.0350. The normalized spacial score (nSPS) is 20.4. The number of carbonyl (C=O) groups is 1. The van der Waals surface area contributed by atoms with Crippen LogP contribution in [0.1, 0.15) is 12.8 Å². The minimum Gasteiger partial charge on any atom is -0.354 e. The van der Waals surface area contributed by atoms with E-state index in [2.05, 4.69) is 16.6 Å². The van der Waals surface area contributed by atoms with Gasteiger partial charge in [0, 0.05) is 11.8 Å². The Bertz CT molecular complexity index is 219. The molecule has 0 spiro atoms. The van der Waals surface area contributed by atoms with Crippen molar-refractivity contribution in [1.82, 2.24) is 10.6 Å². The third-order valence-electron chi connectivity index (χ3n) is 2.06. The van der Waals surface area contributed by atoms with Gasteiger partial charge in [-0.1, -0.05) is 5.92 Å². The van der Waals surface area contributed by atoms with E-state index in [9.17, 15) is 4.79 Å². The summed E-state index contributed by atoms with van der Waals surface area (Å²) in [6, 6.07) is 0. The van der Waals surface area contributed by atoms with E-state index in [1.165, 1.54) is 18.6 Å². The summed E-state index contributed by atoms with van der Waals surface area (Å²) in [7, 11) is 0. The second-order valence-electron chi connectivity index (χ2n) is 3.25. The molecule has 0 radical (unpaired) electrons. The third kappa shape index (κ3) is 4.54. The first-order valence-corrected chi connectivity index (χ1v) is 5.90. The van der Waals surface area contributed by atoms with Crippen LogP contribution >= 0.6 is 11.8 Å². The van der Waals surface area contributed by atoms with Crippen LogP contribution in [-0.4, -0.2) is 36.5 Å². The fourth-order valence-corrected chi connectivity index (χ4v) is 2.54. The van der Waals surface area contributed by atoms with E-state index in [-0.39, 0.29) is 5.91 Å². The molecule has 0 aromatic rings. The first-order valence-electron chi connectivity index (χ1n) is 4.85. The van der Waals surface area contributed by atoms with Gasteiger partial charge in [-0.2, -0.15) is 11.8 Å². The van der Waals surface area contributed by atoms with Gasteiger partial charge >= 0.3 is 0 Å². The third-order valence-corrected chi connectivity index (χ3v) is 3.46. The summed E-state index contributed by atoms with van der Waals surface area (Å²) >= 11 is 1.95. The highest BCUT2D eigenvalue weighted by Crippen LogP contribution is 2.24. The Hall–Kier alpha value is -0.660. The number of amides is 1. The molecule has 0 aliphatic carbocycles. The molecule has 2 N–H and O–H groups in total. The average molecular weight is 212 g/mol. The number of thioether (sulfide) groups is 1. The van der Waals surface area contributed by atoms with Gasteiger partial charge in [0.05, 0.1) is 13.1 Å². The maximum absolute atomic E-state index is 11.2. The Morgan fingerprint density at radius 2 is 2.50 bits per heavy atom. The molecule has 0 aromatic carbocycles. The molecular formula is C10H16N2OS. The van der Waals surface area contributed by atoms with E-state index < -0.39 is 0 Å². The molecule has 1 aliphatic rings. The van der Waals surface area contributed by atoms with Gasteiger partial charge in [0.25, 0.3) is 0 Å². The van der Waals surface area contributed by atoms with E-state index in [4.69, 9.17) is 6.42 Å². The van der Waals surface area contributed by atoms with Crippen LogP contribution in [0.25, 0.3) is 0 Å². The van der Waals surface area contributed by atoms with Gasteiger partial charge in [0.2, 0.25) is 5.91 Å². The van der Waals surface area contributed by atoms with Gasteiger partial charge in [-0.15, -0.1) is 6.42 Å². The van der Waals surface area contributed by atoms with Crippen molar-refractivity contribution in [3.63, 3.8) is 0 Å². The molecule has 1 amide bonds. The summed E-state index contributed by atoms with van der Waals surface area (Å²) in [6.07, 6.45) is 7.54. The molecule has 4 heteroatoms. The van der Waals surface area contributed by atoms with Gasteiger partial charge in [-0.05, 0) is 18.6 Å². The summed E-state index contributed by atoms with van der Waals surface area (Å²) < 4.78 is 0. The van der Waals surface area contributed by atoms with Crippen LogP contribution in [0.15, 0.2) is 0 Å². The van der Waals surface area contributed by atoms with Crippen LogP contribution < -0.4 is 10.6 Å². The van der Waals surface area contributed by atoms with Crippen molar-refractivity contribution < 1.29 is 4.79 Å². The second kappa shape index (κ2) is 6.74. The lowest BCUT2D eigenvalue weighted by Crippen LogP contribution is -2.37. The van der Waals surface area contributed by atoms with Crippen LogP contribution in [0.4, 0.5) is 0 Å². The lowest BCUT2D eigenvalue weighted by atomic mass is 10.2. The Kier molecular flexibility index (Phi) is 5.50. The largest absolute Gasteiger partial charge is 0.354 e. The molecule has 1 atom stereocenters. The van der Waals surface area contributed by atoms with Crippen molar-refractivity contribution in [2.45, 2.75) is 18.1 Å². The standard InChI is InChI=1S/C10H16N2OS/c1-2-5-11-8-10(13)12-7-9-4-3-6-14-9/h1,9,11H,3-8H2,(H,12,13). The second-order valence-corrected chi connectivity index (χ2v) is 4.66. The highest BCUT2D eigenvalue weighted by Gasteiger charge is 2.15. The zero-order valence-corrected chi connectivity index (χ0v) is 9.03. The number of nitrogens with one attached hydrogen (secondary N) is 2. The molecule has 3 nitrogen and oxygen atoms in total. The maximum atomic E-state index is 11.2. The van der Waals surface area contributed by atoms with Crippen LogP contribution in [-0.2, 0) is 4.79 Å². The Balaban J connectivity index is 2.00. The summed E-state index contributed by atoms with van der Waals surface area (Å²) in [6.45, 7) is 1.56. The van der Waals surface area contributed by atoms with Crippen molar-refractivity contribution >= 4 is 17.7 Å². The molecular weight excluding hydrogens is 196 g/mol. The van der Waals surface area contributed by atoms with Crippen LogP contribution in [0.5, 0.6) is 0 Å². The van der Waals surface area contributed by atoms with Crippen molar-refractivity contribution in [3.05, 3.63) is 0 Å². The predicted octanol–water partition coefficient (Wildman–Crippen LogP) is 0.221. The molecule has 14 heavy (non-hydrogen) atoms. The smallest absolute Gasteiger partial charge is 0.234 e. The van der Waals surface area contributed by atoms with Crippen LogP contribution in [0, 0.1) is 12.3 Å². The first-order chi connectivity index (χ1) is 6.83. The van der Waals surface area contributed by atoms with Gasteiger partial charge in [0.15, 0.2) is 0 Å². The highest BCUT2D eigenvalue weighted by atomic mass is 32.2. The van der Waals surface area contributed by atoms with Gasteiger partial charge in [-0.3, -0.25) is 10.1 Å². The quantitative estimate of drug-likeness (QED) is 0.506. The molecule has 1 saturated heterocycles. The molecule has 1 unspecified atom stereocenters. The molecule has 1 fully saturated rings. The number of carbonyl (C=O) groups excluding carboxylic acids is 1. The molecule has 1 heterocycles. The highest BCUT2D eigenvalue weighted by molar-refractivity contribution is 8.00. The van der Waals surface area contributed by atoms with E-state index in [0.717, 1.165) is 6.54 Å². The van der Waals surface area contributed by atoms with Crippen molar-refractivity contribution in [2.75, 3.05) is 25.4 Å². The number of hydrogen-bond acceptors (Lipinski definition) is 3. The van der Waals surface area contributed by atoms with E-state index in [1.807, 2.05) is 11.8 Å².